The number of imidazole rings is 1. The minimum atomic E-state index is -4.37. The lowest BCUT2D eigenvalue weighted by molar-refractivity contribution is -0.137. The van der Waals surface area contributed by atoms with E-state index >= 15 is 0 Å². The van der Waals surface area contributed by atoms with Crippen molar-refractivity contribution < 1.29 is 22.7 Å². The number of hydrogen-bond donors (Lipinski definition) is 1. The number of thiazole rings is 1. The first-order chi connectivity index (χ1) is 12.4. The third-order valence-electron chi connectivity index (χ3n) is 3.76. The quantitative estimate of drug-likeness (QED) is 0.658. The van der Waals surface area contributed by atoms with Crippen LogP contribution in [0, 0.1) is 0 Å². The molecule has 0 aliphatic rings. The molecule has 0 aliphatic carbocycles. The molecule has 1 aromatic carbocycles. The predicted molar refractivity (Wildman–Crippen MR) is 92.3 cm³/mol. The highest BCUT2D eigenvalue weighted by Crippen LogP contribution is 2.31. The van der Waals surface area contributed by atoms with Crippen molar-refractivity contribution in [1.29, 1.82) is 0 Å². The number of nitrogens with one attached hydrogen (secondary N) is 1. The Labute approximate surface area is 151 Å². The van der Waals surface area contributed by atoms with E-state index in [9.17, 15) is 18.0 Å². The van der Waals surface area contributed by atoms with Crippen molar-refractivity contribution in [3.05, 3.63) is 47.1 Å². The first-order valence-electron chi connectivity index (χ1n) is 7.81. The van der Waals surface area contributed by atoms with Crippen LogP contribution in [0.1, 0.15) is 22.5 Å². The maximum atomic E-state index is 12.7. The Hall–Kier alpha value is -2.39. The maximum absolute atomic E-state index is 12.7. The molecule has 3 aromatic rings. The molecular weight excluding hydrogens is 367 g/mol. The molecule has 1 amide bonds. The number of carbonyl (C=O) groups excluding carboxylic acids is 1. The van der Waals surface area contributed by atoms with E-state index in [1.54, 1.807) is 23.1 Å². The summed E-state index contributed by atoms with van der Waals surface area (Å²) >= 11 is 1.30. The van der Waals surface area contributed by atoms with E-state index in [0.29, 0.717) is 41.5 Å². The number of hydrogen-bond acceptors (Lipinski definition) is 4. The number of fused-ring (bicyclic) bond motifs is 1. The zero-order chi connectivity index (χ0) is 18.7. The van der Waals surface area contributed by atoms with Gasteiger partial charge in [-0.2, -0.15) is 13.2 Å². The fraction of sp³-hybridized carbons (Fsp3) is 0.294. The largest absolute Gasteiger partial charge is 0.416 e. The van der Waals surface area contributed by atoms with Gasteiger partial charge in [-0.1, -0.05) is 12.1 Å². The SMILES string of the molecule is COCCCNC(=O)c1csc2nc(-c3ccc(C(F)(F)F)cc3)cn12. The van der Waals surface area contributed by atoms with Crippen molar-refractivity contribution in [1.82, 2.24) is 14.7 Å². The number of carbonyl (C=O) groups is 1. The molecule has 138 valence electrons. The first kappa shape index (κ1) is 18.4. The number of methoxy groups -OCH3 is 1. The Kier molecular flexibility index (Phi) is 5.28. The van der Waals surface area contributed by atoms with Crippen LogP contribution in [-0.4, -0.2) is 35.6 Å². The summed E-state index contributed by atoms with van der Waals surface area (Å²) in [6.07, 6.45) is -2.02. The van der Waals surface area contributed by atoms with Crippen molar-refractivity contribution in [3.8, 4) is 11.3 Å². The van der Waals surface area contributed by atoms with Crippen LogP contribution in [0.5, 0.6) is 0 Å². The molecule has 0 aliphatic heterocycles. The zero-order valence-electron chi connectivity index (χ0n) is 13.8. The highest BCUT2D eigenvalue weighted by atomic mass is 32.1. The fourth-order valence-corrected chi connectivity index (χ4v) is 3.28. The Balaban J connectivity index is 1.80. The van der Waals surface area contributed by atoms with Gasteiger partial charge in [-0.05, 0) is 18.6 Å². The second-order valence-corrected chi connectivity index (χ2v) is 6.41. The molecule has 0 unspecified atom stereocenters. The monoisotopic (exact) mass is 383 g/mol. The van der Waals surface area contributed by atoms with Gasteiger partial charge in [-0.15, -0.1) is 11.3 Å². The molecule has 0 spiro atoms. The number of rotatable bonds is 6. The molecule has 0 saturated heterocycles. The summed E-state index contributed by atoms with van der Waals surface area (Å²) in [5.41, 5.74) is 0.797. The van der Waals surface area contributed by atoms with E-state index in [4.69, 9.17) is 4.74 Å². The van der Waals surface area contributed by atoms with Crippen LogP contribution in [0.25, 0.3) is 16.2 Å². The summed E-state index contributed by atoms with van der Waals surface area (Å²) in [6, 6.07) is 4.79. The van der Waals surface area contributed by atoms with E-state index < -0.39 is 11.7 Å². The lowest BCUT2D eigenvalue weighted by Crippen LogP contribution is -2.26. The predicted octanol–water partition coefficient (Wildman–Crippen LogP) is 3.85. The van der Waals surface area contributed by atoms with Crippen molar-refractivity contribution in [2.75, 3.05) is 20.3 Å². The topological polar surface area (TPSA) is 55.6 Å². The second-order valence-electron chi connectivity index (χ2n) is 5.58. The minimum Gasteiger partial charge on any atom is -0.385 e. The minimum absolute atomic E-state index is 0.233. The molecule has 2 heterocycles. The number of ether oxygens (including phenoxy) is 1. The summed E-state index contributed by atoms with van der Waals surface area (Å²) < 4.78 is 44.6. The van der Waals surface area contributed by atoms with Crippen molar-refractivity contribution in [3.63, 3.8) is 0 Å². The van der Waals surface area contributed by atoms with Crippen molar-refractivity contribution >= 4 is 22.2 Å². The number of halogens is 3. The molecule has 9 heteroatoms. The van der Waals surface area contributed by atoms with Crippen LogP contribution in [-0.2, 0) is 10.9 Å². The van der Waals surface area contributed by atoms with Gasteiger partial charge in [-0.25, -0.2) is 4.98 Å². The Morgan fingerprint density at radius 2 is 2.04 bits per heavy atom. The molecule has 0 saturated carbocycles. The van der Waals surface area contributed by atoms with E-state index in [1.807, 2.05) is 0 Å². The van der Waals surface area contributed by atoms with Gasteiger partial charge in [0.25, 0.3) is 5.91 Å². The van der Waals surface area contributed by atoms with Crippen molar-refractivity contribution in [2.24, 2.45) is 0 Å². The van der Waals surface area contributed by atoms with Gasteiger partial charge in [0.15, 0.2) is 4.96 Å². The van der Waals surface area contributed by atoms with Gasteiger partial charge in [0.2, 0.25) is 0 Å². The average Bonchev–Trinajstić information content (AvgIpc) is 3.18. The van der Waals surface area contributed by atoms with Crippen LogP contribution < -0.4 is 5.32 Å². The van der Waals surface area contributed by atoms with Gasteiger partial charge in [0.05, 0.1) is 11.3 Å². The molecule has 1 N–H and O–H groups in total. The third kappa shape index (κ3) is 3.88. The standard InChI is InChI=1S/C17H16F3N3O2S/c1-25-8-2-7-21-15(24)14-10-26-16-22-13(9-23(14)16)11-3-5-12(6-4-11)17(18,19)20/h3-6,9-10H,2,7-8H2,1H3,(H,21,24). The highest BCUT2D eigenvalue weighted by Gasteiger charge is 2.30. The number of aromatic nitrogens is 2. The third-order valence-corrected chi connectivity index (χ3v) is 4.60. The number of amides is 1. The molecule has 5 nitrogen and oxygen atoms in total. The molecular formula is C17H16F3N3O2S. The van der Waals surface area contributed by atoms with Gasteiger partial charge >= 0.3 is 6.18 Å². The lowest BCUT2D eigenvalue weighted by Gasteiger charge is -2.06. The van der Waals surface area contributed by atoms with Crippen LogP contribution in [0.15, 0.2) is 35.8 Å². The van der Waals surface area contributed by atoms with E-state index in [1.165, 1.54) is 23.5 Å². The fourth-order valence-electron chi connectivity index (χ4n) is 2.43. The van der Waals surface area contributed by atoms with Crippen LogP contribution in [0.3, 0.4) is 0 Å². The van der Waals surface area contributed by atoms with E-state index in [2.05, 4.69) is 10.3 Å². The average molecular weight is 383 g/mol. The molecule has 26 heavy (non-hydrogen) atoms. The molecule has 0 radical (unpaired) electrons. The Bertz CT molecular complexity index is 900. The summed E-state index contributed by atoms with van der Waals surface area (Å²) in [6.45, 7) is 1.05. The van der Waals surface area contributed by atoms with Crippen LogP contribution in [0.4, 0.5) is 13.2 Å². The Morgan fingerprint density at radius 3 is 2.69 bits per heavy atom. The van der Waals surface area contributed by atoms with Gasteiger partial charge in [0, 0.05) is 37.4 Å². The normalized spacial score (nSPS) is 11.8. The zero-order valence-corrected chi connectivity index (χ0v) is 14.7. The summed E-state index contributed by atoms with van der Waals surface area (Å²) in [5, 5.41) is 4.50. The summed E-state index contributed by atoms with van der Waals surface area (Å²) in [4.78, 5) is 17.3. The summed E-state index contributed by atoms with van der Waals surface area (Å²) in [7, 11) is 1.60. The smallest absolute Gasteiger partial charge is 0.385 e. The molecule has 0 bridgehead atoms. The van der Waals surface area contributed by atoms with Crippen LogP contribution in [0.2, 0.25) is 0 Å². The number of benzene rings is 1. The summed E-state index contributed by atoms with van der Waals surface area (Å²) in [5.74, 6) is -0.233. The van der Waals surface area contributed by atoms with Gasteiger partial charge in [-0.3, -0.25) is 9.20 Å². The molecule has 0 fully saturated rings. The second kappa shape index (κ2) is 7.46. The highest BCUT2D eigenvalue weighted by molar-refractivity contribution is 7.15. The maximum Gasteiger partial charge on any atom is 0.416 e. The van der Waals surface area contributed by atoms with E-state index in [0.717, 1.165) is 12.1 Å². The van der Waals surface area contributed by atoms with Crippen molar-refractivity contribution in [2.45, 2.75) is 12.6 Å². The number of alkyl halides is 3. The Morgan fingerprint density at radius 1 is 1.31 bits per heavy atom. The van der Waals surface area contributed by atoms with Gasteiger partial charge < -0.3 is 10.1 Å². The first-order valence-corrected chi connectivity index (χ1v) is 8.69. The lowest BCUT2D eigenvalue weighted by atomic mass is 10.1. The van der Waals surface area contributed by atoms with Gasteiger partial charge in [0.1, 0.15) is 5.69 Å². The van der Waals surface area contributed by atoms with Crippen LogP contribution >= 0.6 is 11.3 Å². The molecule has 2 aromatic heterocycles. The molecule has 3 rings (SSSR count). The molecule has 0 atom stereocenters. The van der Waals surface area contributed by atoms with E-state index in [-0.39, 0.29) is 5.91 Å². The number of nitrogens with zero attached hydrogens (tertiary/aromatic N) is 2.